The zero-order valence-corrected chi connectivity index (χ0v) is 16.5. The summed E-state index contributed by atoms with van der Waals surface area (Å²) in [5.74, 6) is 0.0200. The first-order valence-electron chi connectivity index (χ1n) is 8.32. The van der Waals surface area contributed by atoms with E-state index in [9.17, 15) is 9.18 Å². The maximum atomic E-state index is 13.9. The van der Waals surface area contributed by atoms with Crippen LogP contribution in [0.4, 0.5) is 4.39 Å². The Balaban J connectivity index is 1.90. The van der Waals surface area contributed by atoms with E-state index in [-0.39, 0.29) is 16.5 Å². The van der Waals surface area contributed by atoms with Gasteiger partial charge in [0.1, 0.15) is 11.6 Å². The fourth-order valence-electron chi connectivity index (χ4n) is 2.35. The molecule has 1 saturated heterocycles. The van der Waals surface area contributed by atoms with Crippen molar-refractivity contribution in [3.05, 3.63) is 29.6 Å². The van der Waals surface area contributed by atoms with Crippen LogP contribution in [0.5, 0.6) is 5.75 Å². The standard InChI is InChI=1S/C18H28FNO3Si/c1-18(2,3)24(5,6)23-12-13-10-20(11-13)17(21)15-9-14(22-4)7-8-16(15)19/h7-9,13H,10-12H2,1-6H3. The molecule has 0 bridgehead atoms. The Morgan fingerprint density at radius 3 is 2.50 bits per heavy atom. The number of hydrogen-bond acceptors (Lipinski definition) is 3. The number of benzene rings is 1. The van der Waals surface area contributed by atoms with Gasteiger partial charge in [-0.2, -0.15) is 0 Å². The van der Waals surface area contributed by atoms with E-state index in [0.717, 1.165) is 0 Å². The number of carbonyl (C=O) groups is 1. The van der Waals surface area contributed by atoms with Crippen molar-refractivity contribution in [2.24, 2.45) is 5.92 Å². The van der Waals surface area contributed by atoms with Gasteiger partial charge in [-0.1, -0.05) is 20.8 Å². The Morgan fingerprint density at radius 2 is 1.96 bits per heavy atom. The lowest BCUT2D eigenvalue weighted by atomic mass is 10.00. The molecule has 0 saturated carbocycles. The van der Waals surface area contributed by atoms with Crippen LogP contribution in [0.15, 0.2) is 18.2 Å². The van der Waals surface area contributed by atoms with E-state index in [0.29, 0.717) is 31.4 Å². The number of hydrogen-bond donors (Lipinski definition) is 0. The van der Waals surface area contributed by atoms with Crippen molar-refractivity contribution < 1.29 is 18.3 Å². The number of rotatable bonds is 5. The molecule has 0 radical (unpaired) electrons. The molecule has 1 fully saturated rings. The average Bonchev–Trinajstić information content (AvgIpc) is 2.44. The number of amides is 1. The highest BCUT2D eigenvalue weighted by Gasteiger charge is 2.39. The molecule has 6 heteroatoms. The SMILES string of the molecule is COc1ccc(F)c(C(=O)N2CC(CO[Si](C)(C)C(C)(C)C)C2)c1. The molecule has 0 spiro atoms. The lowest BCUT2D eigenvalue weighted by Gasteiger charge is -2.43. The fourth-order valence-corrected chi connectivity index (χ4v) is 3.43. The van der Waals surface area contributed by atoms with Gasteiger partial charge in [-0.05, 0) is 36.3 Å². The van der Waals surface area contributed by atoms with Crippen LogP contribution in [0.2, 0.25) is 18.1 Å². The lowest BCUT2D eigenvalue weighted by Crippen LogP contribution is -2.53. The first kappa shape index (κ1) is 18.9. The topological polar surface area (TPSA) is 38.8 Å². The van der Waals surface area contributed by atoms with Gasteiger partial charge in [0.2, 0.25) is 0 Å². The zero-order chi connectivity index (χ0) is 18.1. The largest absolute Gasteiger partial charge is 0.497 e. The van der Waals surface area contributed by atoms with Crippen LogP contribution in [0.25, 0.3) is 0 Å². The molecule has 1 heterocycles. The molecule has 0 N–H and O–H groups in total. The minimum Gasteiger partial charge on any atom is -0.497 e. The van der Waals surface area contributed by atoms with Crippen molar-refractivity contribution in [2.75, 3.05) is 26.8 Å². The Kier molecular flexibility index (Phi) is 5.40. The highest BCUT2D eigenvalue weighted by molar-refractivity contribution is 6.74. The maximum Gasteiger partial charge on any atom is 0.256 e. The van der Waals surface area contributed by atoms with E-state index in [2.05, 4.69) is 33.9 Å². The Hall–Kier alpha value is -1.40. The number of ether oxygens (including phenoxy) is 1. The van der Waals surface area contributed by atoms with Crippen molar-refractivity contribution in [2.45, 2.75) is 38.9 Å². The van der Waals surface area contributed by atoms with Gasteiger partial charge in [0.25, 0.3) is 5.91 Å². The molecule has 1 aromatic carbocycles. The van der Waals surface area contributed by atoms with Crippen molar-refractivity contribution in [3.8, 4) is 5.75 Å². The molecule has 24 heavy (non-hydrogen) atoms. The van der Waals surface area contributed by atoms with Gasteiger partial charge in [-0.3, -0.25) is 4.79 Å². The molecule has 0 atom stereocenters. The zero-order valence-electron chi connectivity index (χ0n) is 15.5. The monoisotopic (exact) mass is 353 g/mol. The summed E-state index contributed by atoms with van der Waals surface area (Å²) in [7, 11) is -0.265. The van der Waals surface area contributed by atoms with Crippen molar-refractivity contribution in [1.82, 2.24) is 4.90 Å². The normalized spacial score (nSPS) is 16.0. The molecule has 1 amide bonds. The molecule has 0 unspecified atom stereocenters. The number of halogens is 1. The second-order valence-corrected chi connectivity index (χ2v) is 12.8. The van der Waals surface area contributed by atoms with Crippen molar-refractivity contribution >= 4 is 14.2 Å². The first-order chi connectivity index (χ1) is 11.0. The van der Waals surface area contributed by atoms with Gasteiger partial charge < -0.3 is 14.1 Å². The molecular formula is C18H28FNO3Si. The van der Waals surface area contributed by atoms with Crippen LogP contribution in [0.1, 0.15) is 31.1 Å². The van der Waals surface area contributed by atoms with Crippen LogP contribution in [-0.4, -0.2) is 45.9 Å². The molecule has 0 aliphatic carbocycles. The summed E-state index contributed by atoms with van der Waals surface area (Å²) in [6, 6.07) is 4.24. The Morgan fingerprint density at radius 1 is 1.33 bits per heavy atom. The number of methoxy groups -OCH3 is 1. The summed E-state index contributed by atoms with van der Waals surface area (Å²) in [6.45, 7) is 13.0. The molecule has 1 aliphatic rings. The molecule has 2 rings (SSSR count). The predicted octanol–water partition coefficient (Wildman–Crippen LogP) is 3.93. The second-order valence-electron chi connectivity index (χ2n) is 7.99. The third-order valence-electron chi connectivity index (χ3n) is 5.13. The van der Waals surface area contributed by atoms with E-state index in [4.69, 9.17) is 9.16 Å². The summed E-state index contributed by atoms with van der Waals surface area (Å²) in [5, 5.41) is 0.177. The van der Waals surface area contributed by atoms with Gasteiger partial charge in [-0.15, -0.1) is 0 Å². The van der Waals surface area contributed by atoms with Gasteiger partial charge in [0.15, 0.2) is 8.32 Å². The second kappa shape index (κ2) is 6.84. The molecule has 4 nitrogen and oxygen atoms in total. The van der Waals surface area contributed by atoms with Crippen LogP contribution in [0.3, 0.4) is 0 Å². The summed E-state index contributed by atoms with van der Waals surface area (Å²) in [4.78, 5) is 14.1. The van der Waals surface area contributed by atoms with Crippen molar-refractivity contribution in [1.29, 1.82) is 0 Å². The Bertz CT molecular complexity index is 607. The molecule has 1 aliphatic heterocycles. The molecular weight excluding hydrogens is 325 g/mol. The van der Waals surface area contributed by atoms with Crippen LogP contribution >= 0.6 is 0 Å². The lowest BCUT2D eigenvalue weighted by molar-refractivity contribution is 0.0372. The first-order valence-corrected chi connectivity index (χ1v) is 11.2. The van der Waals surface area contributed by atoms with Gasteiger partial charge in [0.05, 0.1) is 12.7 Å². The van der Waals surface area contributed by atoms with Crippen LogP contribution in [-0.2, 0) is 4.43 Å². The Labute approximate surface area is 145 Å². The average molecular weight is 354 g/mol. The van der Waals surface area contributed by atoms with Gasteiger partial charge in [0, 0.05) is 25.6 Å². The highest BCUT2D eigenvalue weighted by Crippen LogP contribution is 2.37. The minimum atomic E-state index is -1.76. The quantitative estimate of drug-likeness (QED) is 0.753. The summed E-state index contributed by atoms with van der Waals surface area (Å²) in [6.07, 6.45) is 0. The number of likely N-dealkylation sites (tertiary alicyclic amines) is 1. The van der Waals surface area contributed by atoms with Gasteiger partial charge >= 0.3 is 0 Å². The molecule has 0 aromatic heterocycles. The highest BCUT2D eigenvalue weighted by atomic mass is 28.4. The van der Waals surface area contributed by atoms with Crippen LogP contribution in [0, 0.1) is 11.7 Å². The molecule has 134 valence electrons. The third-order valence-corrected chi connectivity index (χ3v) is 9.64. The molecule has 1 aromatic rings. The van der Waals surface area contributed by atoms with E-state index in [1.165, 1.54) is 25.3 Å². The predicted molar refractivity (Wildman–Crippen MR) is 95.5 cm³/mol. The minimum absolute atomic E-state index is 0.0677. The number of carbonyl (C=O) groups excluding carboxylic acids is 1. The number of nitrogens with zero attached hydrogens (tertiary/aromatic N) is 1. The smallest absolute Gasteiger partial charge is 0.256 e. The van der Waals surface area contributed by atoms with E-state index < -0.39 is 14.1 Å². The van der Waals surface area contributed by atoms with Crippen molar-refractivity contribution in [3.63, 3.8) is 0 Å². The van der Waals surface area contributed by atoms with Gasteiger partial charge in [-0.25, -0.2) is 4.39 Å². The summed E-state index contributed by atoms with van der Waals surface area (Å²) in [5.41, 5.74) is 0.0677. The van der Waals surface area contributed by atoms with E-state index >= 15 is 0 Å². The third kappa shape index (κ3) is 3.98. The van der Waals surface area contributed by atoms with Crippen LogP contribution < -0.4 is 4.74 Å². The summed E-state index contributed by atoms with van der Waals surface area (Å²) < 4.78 is 25.2. The summed E-state index contributed by atoms with van der Waals surface area (Å²) >= 11 is 0. The fraction of sp³-hybridized carbons (Fsp3) is 0.611. The maximum absolute atomic E-state index is 13.9. The van der Waals surface area contributed by atoms with E-state index in [1.54, 1.807) is 4.90 Å². The van der Waals surface area contributed by atoms with E-state index in [1.807, 2.05) is 0 Å².